The number of rotatable bonds is 23. The maximum absolute atomic E-state index is 3.17. The molecule has 0 saturated heterocycles. The van der Waals surface area contributed by atoms with Crippen molar-refractivity contribution in [2.45, 2.75) is 150 Å². The van der Waals surface area contributed by atoms with Gasteiger partial charge in [-0.1, -0.05) is 0 Å². The molecule has 0 rings (SSSR count). The van der Waals surface area contributed by atoms with Crippen LogP contribution < -0.4 is 0 Å². The summed E-state index contributed by atoms with van der Waals surface area (Å²) >= 11 is 3.17. The Balaban J connectivity index is 4.96. The zero-order valence-electron chi connectivity index (χ0n) is 21.1. The van der Waals surface area contributed by atoms with Crippen molar-refractivity contribution < 1.29 is 0 Å². The first kappa shape index (κ1) is 30.2. The first-order valence-electron chi connectivity index (χ1n) is 13.8. The predicted molar refractivity (Wildman–Crippen MR) is 151 cm³/mol. The van der Waals surface area contributed by atoms with Crippen molar-refractivity contribution in [1.29, 1.82) is 0 Å². The fraction of sp³-hybridized carbons (Fsp3) is 1.00. The molecule has 0 aromatic rings. The second-order valence-corrected chi connectivity index (χ2v) is 23.6. The van der Waals surface area contributed by atoms with Gasteiger partial charge in [0.1, 0.15) is 0 Å². The van der Waals surface area contributed by atoms with Crippen molar-refractivity contribution in [3.63, 3.8) is 0 Å². The van der Waals surface area contributed by atoms with E-state index in [1.165, 1.54) is 122 Å². The molecule has 0 heterocycles. The molecule has 0 unspecified atom stereocenters. The Morgan fingerprint density at radius 1 is 0.345 bits per heavy atom. The predicted octanol–water partition coefficient (Wildman–Crippen LogP) is 11.4. The summed E-state index contributed by atoms with van der Waals surface area (Å²) in [5.74, 6) is 0. The molecule has 0 bridgehead atoms. The van der Waals surface area contributed by atoms with E-state index in [9.17, 15) is 0 Å². The van der Waals surface area contributed by atoms with Crippen LogP contribution in [0.15, 0.2) is 0 Å². The SMILES string of the molecule is CCCCCCCP(I)(CCCCCC)(CCCCCCC)CCCCCCC. The first-order chi connectivity index (χ1) is 14.0. The normalized spacial score (nSPS) is 13.5. The van der Waals surface area contributed by atoms with E-state index in [-0.39, 0.29) is 0 Å². The summed E-state index contributed by atoms with van der Waals surface area (Å²) in [6, 6.07) is 0. The van der Waals surface area contributed by atoms with Crippen LogP contribution in [0.3, 0.4) is 0 Å². The van der Waals surface area contributed by atoms with Gasteiger partial charge in [0, 0.05) is 0 Å². The van der Waals surface area contributed by atoms with Crippen LogP contribution in [0.1, 0.15) is 150 Å². The second-order valence-electron chi connectivity index (χ2n) is 10.0. The Labute approximate surface area is 200 Å². The number of hydrogen-bond donors (Lipinski definition) is 0. The first-order valence-corrected chi connectivity index (χ1v) is 19.5. The summed E-state index contributed by atoms with van der Waals surface area (Å²) in [4.78, 5) is 0. The van der Waals surface area contributed by atoms with Crippen LogP contribution in [0.5, 0.6) is 0 Å². The van der Waals surface area contributed by atoms with Crippen LogP contribution in [0.25, 0.3) is 0 Å². The van der Waals surface area contributed by atoms with E-state index in [1.54, 1.807) is 24.6 Å². The molecule has 0 atom stereocenters. The molecule has 0 aromatic carbocycles. The Bertz CT molecular complexity index is 303. The van der Waals surface area contributed by atoms with Gasteiger partial charge in [0.2, 0.25) is 0 Å². The molecule has 0 amide bonds. The van der Waals surface area contributed by atoms with Crippen molar-refractivity contribution in [3.05, 3.63) is 0 Å². The zero-order valence-corrected chi connectivity index (χ0v) is 24.1. The Morgan fingerprint density at radius 3 is 0.793 bits per heavy atom. The number of unbranched alkanes of at least 4 members (excludes halogenated alkanes) is 15. The maximum atomic E-state index is 3.17. The van der Waals surface area contributed by atoms with Gasteiger partial charge in [-0.15, -0.1) is 0 Å². The Hall–Kier alpha value is 1.16. The van der Waals surface area contributed by atoms with Crippen molar-refractivity contribution in [1.82, 2.24) is 0 Å². The molecule has 178 valence electrons. The van der Waals surface area contributed by atoms with Gasteiger partial charge in [-0.3, -0.25) is 0 Å². The van der Waals surface area contributed by atoms with Crippen LogP contribution in [0.4, 0.5) is 0 Å². The third-order valence-electron chi connectivity index (χ3n) is 7.03. The molecule has 0 aliphatic rings. The number of hydrogen-bond acceptors (Lipinski definition) is 0. The van der Waals surface area contributed by atoms with Crippen molar-refractivity contribution in [3.8, 4) is 0 Å². The van der Waals surface area contributed by atoms with Gasteiger partial charge in [-0.2, -0.15) is 0 Å². The third kappa shape index (κ3) is 16.5. The van der Waals surface area contributed by atoms with Gasteiger partial charge in [0.25, 0.3) is 0 Å². The van der Waals surface area contributed by atoms with E-state index < -0.39 is 4.25 Å². The molecule has 0 fully saturated rings. The van der Waals surface area contributed by atoms with Gasteiger partial charge >= 0.3 is 201 Å². The van der Waals surface area contributed by atoms with E-state index in [0.717, 1.165) is 0 Å². The summed E-state index contributed by atoms with van der Waals surface area (Å²) in [5.41, 5.74) is 0. The molecule has 0 aromatic heterocycles. The monoisotopic (exact) mass is 540 g/mol. The van der Waals surface area contributed by atoms with Crippen molar-refractivity contribution in [2.75, 3.05) is 24.6 Å². The summed E-state index contributed by atoms with van der Waals surface area (Å²) in [5, 5.41) is 0. The molecule has 29 heavy (non-hydrogen) atoms. The van der Waals surface area contributed by atoms with Crippen LogP contribution in [0, 0.1) is 0 Å². The van der Waals surface area contributed by atoms with Gasteiger partial charge in [0.05, 0.1) is 0 Å². The molecule has 0 saturated carbocycles. The molecular weight excluding hydrogens is 482 g/mol. The van der Waals surface area contributed by atoms with Gasteiger partial charge in [-0.25, -0.2) is 0 Å². The standard InChI is InChI=1S/C27H58IP/c1-5-9-13-17-21-25-29(28,24-20-16-12-8-4,26-22-18-14-10-6-2)27-23-19-15-11-7-3/h5-27H2,1-4H3. The second kappa shape index (κ2) is 19.8. The fourth-order valence-corrected chi connectivity index (χ4v) is 14.4. The minimum atomic E-state index is -1.55. The molecule has 0 spiro atoms. The van der Waals surface area contributed by atoms with Crippen molar-refractivity contribution in [2.24, 2.45) is 0 Å². The average Bonchev–Trinajstić information content (AvgIpc) is 2.71. The van der Waals surface area contributed by atoms with E-state index in [0.29, 0.717) is 0 Å². The number of halogens is 1. The molecule has 0 nitrogen and oxygen atoms in total. The third-order valence-corrected chi connectivity index (χ3v) is 18.6. The summed E-state index contributed by atoms with van der Waals surface area (Å²) in [6.07, 6.45) is 34.2. The molecule has 0 aliphatic carbocycles. The van der Waals surface area contributed by atoms with Crippen molar-refractivity contribution >= 4 is 26.3 Å². The zero-order chi connectivity index (χ0) is 21.7. The molecular formula is C27H58IP. The van der Waals surface area contributed by atoms with E-state index >= 15 is 0 Å². The van der Waals surface area contributed by atoms with E-state index in [4.69, 9.17) is 0 Å². The average molecular weight is 541 g/mol. The fourth-order valence-electron chi connectivity index (χ4n) is 4.94. The van der Waals surface area contributed by atoms with Crippen LogP contribution in [-0.2, 0) is 0 Å². The Kier molecular flexibility index (Phi) is 20.6. The molecule has 0 radical (unpaired) electrons. The van der Waals surface area contributed by atoms with E-state index in [1.807, 2.05) is 0 Å². The minimum absolute atomic E-state index is 1.37. The summed E-state index contributed by atoms with van der Waals surface area (Å²) < 4.78 is -1.55. The van der Waals surface area contributed by atoms with Gasteiger partial charge in [0.15, 0.2) is 0 Å². The van der Waals surface area contributed by atoms with Gasteiger partial charge in [-0.05, 0) is 0 Å². The topological polar surface area (TPSA) is 0 Å². The van der Waals surface area contributed by atoms with E-state index in [2.05, 4.69) is 49.7 Å². The molecule has 0 N–H and O–H groups in total. The summed E-state index contributed by atoms with van der Waals surface area (Å²) in [6.45, 7) is 9.40. The molecule has 0 aliphatic heterocycles. The summed E-state index contributed by atoms with van der Waals surface area (Å²) in [7, 11) is 0. The molecule has 2 heteroatoms. The van der Waals surface area contributed by atoms with Crippen LogP contribution in [-0.4, -0.2) is 24.6 Å². The van der Waals surface area contributed by atoms with Crippen LogP contribution in [0.2, 0.25) is 0 Å². The van der Waals surface area contributed by atoms with Gasteiger partial charge < -0.3 is 0 Å². The van der Waals surface area contributed by atoms with Crippen LogP contribution >= 0.6 is 26.3 Å². The Morgan fingerprint density at radius 2 is 0.552 bits per heavy atom. The quantitative estimate of drug-likeness (QED) is 0.0687.